The Morgan fingerprint density at radius 2 is 1.94 bits per heavy atom. The molecular formula is C14H28N2O. The number of hydrogen-bond donors (Lipinski definition) is 3. The van der Waals surface area contributed by atoms with Crippen molar-refractivity contribution in [3.05, 3.63) is 0 Å². The van der Waals surface area contributed by atoms with Crippen LogP contribution in [0.2, 0.25) is 0 Å². The fourth-order valence-electron chi connectivity index (χ4n) is 3.35. The Morgan fingerprint density at radius 3 is 2.59 bits per heavy atom. The van der Waals surface area contributed by atoms with Crippen molar-refractivity contribution < 1.29 is 5.11 Å². The van der Waals surface area contributed by atoms with Gasteiger partial charge in [-0.1, -0.05) is 12.8 Å². The van der Waals surface area contributed by atoms with Gasteiger partial charge in [-0.2, -0.15) is 0 Å². The maximum atomic E-state index is 9.82. The van der Waals surface area contributed by atoms with Crippen LogP contribution in [0.5, 0.6) is 0 Å². The first-order valence-electron chi connectivity index (χ1n) is 7.25. The van der Waals surface area contributed by atoms with Crippen LogP contribution in [0.3, 0.4) is 0 Å². The zero-order valence-corrected chi connectivity index (χ0v) is 11.3. The van der Waals surface area contributed by atoms with E-state index in [0.717, 1.165) is 12.0 Å². The molecule has 1 aliphatic carbocycles. The van der Waals surface area contributed by atoms with Crippen molar-refractivity contribution in [2.24, 2.45) is 5.92 Å². The predicted molar refractivity (Wildman–Crippen MR) is 71.1 cm³/mol. The molecule has 2 aliphatic rings. The Bertz CT molecular complexity index is 231. The Morgan fingerprint density at radius 1 is 1.18 bits per heavy atom. The molecule has 2 rings (SSSR count). The molecule has 3 N–H and O–H groups in total. The second kappa shape index (κ2) is 5.68. The average Bonchev–Trinajstić information content (AvgIpc) is 2.79. The first-order valence-corrected chi connectivity index (χ1v) is 7.25. The van der Waals surface area contributed by atoms with Crippen molar-refractivity contribution in [2.45, 2.75) is 70.1 Å². The van der Waals surface area contributed by atoms with Gasteiger partial charge in [-0.15, -0.1) is 0 Å². The number of aliphatic hydroxyl groups is 1. The molecule has 3 unspecified atom stereocenters. The van der Waals surface area contributed by atoms with Crippen LogP contribution in [0.15, 0.2) is 0 Å². The summed E-state index contributed by atoms with van der Waals surface area (Å²) in [6.07, 6.45) is 8.02. The van der Waals surface area contributed by atoms with E-state index in [-0.39, 0.29) is 0 Å². The molecule has 1 saturated heterocycles. The third-order valence-corrected chi connectivity index (χ3v) is 4.23. The summed E-state index contributed by atoms with van der Waals surface area (Å²) in [4.78, 5) is 0. The first kappa shape index (κ1) is 13.3. The highest BCUT2D eigenvalue weighted by molar-refractivity contribution is 4.92. The third kappa shape index (κ3) is 3.94. The zero-order chi connectivity index (χ0) is 12.3. The van der Waals surface area contributed by atoms with E-state index >= 15 is 0 Å². The minimum absolute atomic E-state index is 0.592. The van der Waals surface area contributed by atoms with E-state index in [0.29, 0.717) is 12.6 Å². The smallest absolute Gasteiger partial charge is 0.0715 e. The molecular weight excluding hydrogens is 212 g/mol. The largest absolute Gasteiger partial charge is 0.389 e. The number of rotatable bonds is 4. The lowest BCUT2D eigenvalue weighted by Crippen LogP contribution is -2.50. The zero-order valence-electron chi connectivity index (χ0n) is 11.3. The van der Waals surface area contributed by atoms with Crippen molar-refractivity contribution >= 4 is 0 Å². The molecule has 0 spiro atoms. The van der Waals surface area contributed by atoms with Gasteiger partial charge in [0.15, 0.2) is 0 Å². The van der Waals surface area contributed by atoms with Gasteiger partial charge in [0.1, 0.15) is 0 Å². The van der Waals surface area contributed by atoms with E-state index in [4.69, 9.17) is 0 Å². The lowest BCUT2D eigenvalue weighted by Gasteiger charge is -2.37. The van der Waals surface area contributed by atoms with Gasteiger partial charge in [-0.3, -0.25) is 0 Å². The summed E-state index contributed by atoms with van der Waals surface area (Å²) in [5.74, 6) is 0.772. The molecule has 0 aromatic rings. The molecule has 0 aromatic carbocycles. The fraction of sp³-hybridized carbons (Fsp3) is 1.00. The molecule has 0 bridgehead atoms. The highest BCUT2D eigenvalue weighted by Gasteiger charge is 2.33. The Balaban J connectivity index is 1.87. The van der Waals surface area contributed by atoms with Crippen molar-refractivity contribution in [3.63, 3.8) is 0 Å². The van der Waals surface area contributed by atoms with Gasteiger partial charge in [-0.05, 0) is 52.0 Å². The topological polar surface area (TPSA) is 44.3 Å². The summed E-state index contributed by atoms with van der Waals surface area (Å²) in [7, 11) is 0. The van der Waals surface area contributed by atoms with E-state index in [1.165, 1.54) is 45.1 Å². The average molecular weight is 240 g/mol. The second-order valence-electron chi connectivity index (χ2n) is 6.45. The number of nitrogens with one attached hydrogen (secondary N) is 2. The highest BCUT2D eigenvalue weighted by atomic mass is 16.3. The minimum Gasteiger partial charge on any atom is -0.389 e. The van der Waals surface area contributed by atoms with Gasteiger partial charge in [0.25, 0.3) is 0 Å². The van der Waals surface area contributed by atoms with Gasteiger partial charge in [0.2, 0.25) is 0 Å². The predicted octanol–water partition coefficient (Wildman–Crippen LogP) is 1.66. The quantitative estimate of drug-likeness (QED) is 0.700. The molecule has 3 atom stereocenters. The second-order valence-corrected chi connectivity index (χ2v) is 6.45. The summed E-state index contributed by atoms with van der Waals surface area (Å²) in [6, 6.07) is 1.32. The van der Waals surface area contributed by atoms with Crippen LogP contribution >= 0.6 is 0 Å². The van der Waals surface area contributed by atoms with Crippen LogP contribution in [0.1, 0.15) is 52.4 Å². The molecule has 17 heavy (non-hydrogen) atoms. The van der Waals surface area contributed by atoms with Crippen LogP contribution in [0.4, 0.5) is 0 Å². The fourth-order valence-corrected chi connectivity index (χ4v) is 3.35. The van der Waals surface area contributed by atoms with Crippen LogP contribution in [-0.4, -0.2) is 35.9 Å². The maximum absolute atomic E-state index is 9.82. The highest BCUT2D eigenvalue weighted by Crippen LogP contribution is 2.30. The van der Waals surface area contributed by atoms with Crippen LogP contribution in [-0.2, 0) is 0 Å². The Labute approximate surface area is 105 Å². The molecule has 3 heteroatoms. The SMILES string of the molecule is CC(C)(O)CNC1CCCCC1C1CCCN1. The van der Waals surface area contributed by atoms with E-state index < -0.39 is 5.60 Å². The normalized spacial score (nSPS) is 35.1. The van der Waals surface area contributed by atoms with Crippen LogP contribution in [0, 0.1) is 5.92 Å². The molecule has 0 aromatic heterocycles. The monoisotopic (exact) mass is 240 g/mol. The third-order valence-electron chi connectivity index (χ3n) is 4.23. The standard InChI is InChI=1S/C14H28N2O/c1-14(2,17)10-16-13-7-4-3-6-11(13)12-8-5-9-15-12/h11-13,15-17H,3-10H2,1-2H3. The van der Waals surface area contributed by atoms with Gasteiger partial charge in [0.05, 0.1) is 5.60 Å². The summed E-state index contributed by atoms with van der Waals surface area (Å²) in [5, 5.41) is 17.1. The molecule has 0 amide bonds. The molecule has 1 aliphatic heterocycles. The van der Waals surface area contributed by atoms with Gasteiger partial charge in [0, 0.05) is 18.6 Å². The van der Waals surface area contributed by atoms with Crippen molar-refractivity contribution in [3.8, 4) is 0 Å². The molecule has 100 valence electrons. The Hall–Kier alpha value is -0.120. The maximum Gasteiger partial charge on any atom is 0.0715 e. The van der Waals surface area contributed by atoms with Crippen molar-refractivity contribution in [1.29, 1.82) is 0 Å². The van der Waals surface area contributed by atoms with Gasteiger partial charge in [-0.25, -0.2) is 0 Å². The Kier molecular flexibility index (Phi) is 4.45. The molecule has 3 nitrogen and oxygen atoms in total. The lowest BCUT2D eigenvalue weighted by molar-refractivity contribution is 0.0684. The summed E-state index contributed by atoms with van der Waals surface area (Å²) < 4.78 is 0. The van der Waals surface area contributed by atoms with Crippen LogP contribution < -0.4 is 10.6 Å². The van der Waals surface area contributed by atoms with Crippen LogP contribution in [0.25, 0.3) is 0 Å². The van der Waals surface area contributed by atoms with Crippen molar-refractivity contribution in [1.82, 2.24) is 10.6 Å². The van der Waals surface area contributed by atoms with E-state index in [2.05, 4.69) is 10.6 Å². The molecule has 1 saturated carbocycles. The summed E-state index contributed by atoms with van der Waals surface area (Å²) in [5.41, 5.74) is -0.592. The molecule has 1 heterocycles. The lowest BCUT2D eigenvalue weighted by atomic mass is 9.79. The van der Waals surface area contributed by atoms with E-state index in [9.17, 15) is 5.11 Å². The van der Waals surface area contributed by atoms with E-state index in [1.54, 1.807) is 0 Å². The molecule has 2 fully saturated rings. The number of hydrogen-bond acceptors (Lipinski definition) is 3. The first-order chi connectivity index (χ1) is 8.06. The summed E-state index contributed by atoms with van der Waals surface area (Å²) >= 11 is 0. The summed E-state index contributed by atoms with van der Waals surface area (Å²) in [6.45, 7) is 5.66. The van der Waals surface area contributed by atoms with Gasteiger partial charge < -0.3 is 15.7 Å². The van der Waals surface area contributed by atoms with Gasteiger partial charge >= 0.3 is 0 Å². The van der Waals surface area contributed by atoms with Crippen molar-refractivity contribution in [2.75, 3.05) is 13.1 Å². The van der Waals surface area contributed by atoms with E-state index in [1.807, 2.05) is 13.8 Å². The minimum atomic E-state index is -0.592. The molecule has 0 radical (unpaired) electrons.